The average Bonchev–Trinajstić information content (AvgIpc) is 2.38. The van der Waals surface area contributed by atoms with Crippen LogP contribution in [0.4, 0.5) is 0 Å². The predicted molar refractivity (Wildman–Crippen MR) is 100 cm³/mol. The topological polar surface area (TPSA) is 3.24 Å². The van der Waals surface area contributed by atoms with Crippen molar-refractivity contribution >= 4 is 21.5 Å². The highest BCUT2D eigenvalue weighted by Gasteiger charge is 2.25. The lowest BCUT2D eigenvalue weighted by molar-refractivity contribution is 0.753. The van der Waals surface area contributed by atoms with Gasteiger partial charge in [0.1, 0.15) is 0 Å². The molecule has 0 aromatic heterocycles. The molecule has 1 heterocycles. The lowest BCUT2D eigenvalue weighted by Gasteiger charge is -2.33. The van der Waals surface area contributed by atoms with Gasteiger partial charge in [0, 0.05) is 0 Å². The quantitative estimate of drug-likeness (QED) is 0.666. The maximum atomic E-state index is 2.43. The molecule has 112 valence electrons. The summed E-state index contributed by atoms with van der Waals surface area (Å²) in [5.74, 6) is 0. The van der Waals surface area contributed by atoms with Gasteiger partial charge in [-0.25, -0.2) is 0 Å². The van der Waals surface area contributed by atoms with Crippen molar-refractivity contribution in [1.82, 2.24) is 4.57 Å². The summed E-state index contributed by atoms with van der Waals surface area (Å²) < 4.78 is 2.41. The molecule has 0 amide bonds. The van der Waals surface area contributed by atoms with E-state index in [4.69, 9.17) is 0 Å². The van der Waals surface area contributed by atoms with E-state index in [-0.39, 0.29) is 0 Å². The van der Waals surface area contributed by atoms with Crippen molar-refractivity contribution in [3.63, 3.8) is 0 Å². The Labute approximate surface area is 131 Å². The van der Waals surface area contributed by atoms with E-state index in [1.807, 2.05) is 0 Å². The number of benzene rings is 1. The van der Waals surface area contributed by atoms with Crippen LogP contribution in [0.5, 0.6) is 0 Å². The lowest BCUT2D eigenvalue weighted by Crippen LogP contribution is -2.39. The maximum absolute atomic E-state index is 2.43. The first-order valence-electron chi connectivity index (χ1n) is 7.64. The molecule has 0 spiro atoms. The third-order valence-electron chi connectivity index (χ3n) is 3.71. The highest BCUT2D eigenvalue weighted by molar-refractivity contribution is 6.94. The number of allylic oxidation sites excluding steroid dienone is 3. The molecule has 0 atom stereocenters. The minimum absolute atomic E-state index is 1.30. The van der Waals surface area contributed by atoms with E-state index in [1.165, 1.54) is 11.1 Å². The van der Waals surface area contributed by atoms with Gasteiger partial charge in [-0.3, -0.25) is 0 Å². The Bertz CT molecular complexity index is 568. The molecule has 1 aliphatic rings. The molecular formula is C18H27NSi2. The van der Waals surface area contributed by atoms with E-state index in [0.29, 0.717) is 0 Å². The minimum Gasteiger partial charge on any atom is -0.381 e. The van der Waals surface area contributed by atoms with E-state index in [9.17, 15) is 0 Å². The summed E-state index contributed by atoms with van der Waals surface area (Å²) in [4.78, 5) is 0. The van der Waals surface area contributed by atoms with Crippen molar-refractivity contribution in [2.75, 3.05) is 0 Å². The van der Waals surface area contributed by atoms with E-state index in [2.05, 4.69) is 98.7 Å². The smallest absolute Gasteiger partial charge is 0.152 e. The standard InChI is InChI=1S/C18H27NSi2/c1-20(2,3)18(16-10-8-7-9-11-16)17-12-14-19(15-13-17)21(4,5)6/h7-15H,1-6H3. The fourth-order valence-electron chi connectivity index (χ4n) is 2.68. The zero-order valence-corrected chi connectivity index (χ0v) is 16.1. The highest BCUT2D eigenvalue weighted by Crippen LogP contribution is 2.32. The van der Waals surface area contributed by atoms with Crippen LogP contribution in [0.2, 0.25) is 39.3 Å². The van der Waals surface area contributed by atoms with Crippen molar-refractivity contribution in [3.05, 3.63) is 66.0 Å². The second kappa shape index (κ2) is 5.81. The zero-order chi connectivity index (χ0) is 15.7. The summed E-state index contributed by atoms with van der Waals surface area (Å²) in [5, 5.41) is 1.55. The van der Waals surface area contributed by atoms with Gasteiger partial charge in [-0.05, 0) is 40.9 Å². The molecule has 0 radical (unpaired) electrons. The molecule has 21 heavy (non-hydrogen) atoms. The van der Waals surface area contributed by atoms with Crippen molar-refractivity contribution < 1.29 is 0 Å². The number of hydrogen-bond donors (Lipinski definition) is 0. The Morgan fingerprint density at radius 3 is 1.76 bits per heavy atom. The fraction of sp³-hybridized carbons (Fsp3) is 0.333. The third kappa shape index (κ3) is 3.86. The molecule has 0 bridgehead atoms. The van der Waals surface area contributed by atoms with Gasteiger partial charge in [-0.1, -0.05) is 69.6 Å². The third-order valence-corrected chi connectivity index (χ3v) is 7.63. The van der Waals surface area contributed by atoms with Gasteiger partial charge in [0.2, 0.25) is 0 Å². The van der Waals surface area contributed by atoms with Crippen LogP contribution < -0.4 is 0 Å². The van der Waals surface area contributed by atoms with Crippen molar-refractivity contribution in [1.29, 1.82) is 0 Å². The molecule has 0 saturated carbocycles. The minimum atomic E-state index is -1.41. The van der Waals surface area contributed by atoms with E-state index in [0.717, 1.165) is 0 Å². The van der Waals surface area contributed by atoms with Crippen molar-refractivity contribution in [3.8, 4) is 0 Å². The van der Waals surface area contributed by atoms with Crippen LogP contribution in [0.1, 0.15) is 5.56 Å². The van der Waals surface area contributed by atoms with Gasteiger partial charge < -0.3 is 4.57 Å². The van der Waals surface area contributed by atoms with Crippen LogP contribution in [0, 0.1) is 0 Å². The first-order chi connectivity index (χ1) is 9.69. The first-order valence-corrected chi connectivity index (χ1v) is 14.6. The number of hydrogen-bond acceptors (Lipinski definition) is 1. The van der Waals surface area contributed by atoms with Crippen LogP contribution in [0.15, 0.2) is 60.5 Å². The van der Waals surface area contributed by atoms with E-state index >= 15 is 0 Å². The van der Waals surface area contributed by atoms with Crippen LogP contribution in [0.3, 0.4) is 0 Å². The summed E-state index contributed by atoms with van der Waals surface area (Å²) in [6, 6.07) is 10.9. The predicted octanol–water partition coefficient (Wildman–Crippen LogP) is 5.50. The summed E-state index contributed by atoms with van der Waals surface area (Å²) in [6.45, 7) is 14.4. The highest BCUT2D eigenvalue weighted by atomic mass is 28.3. The molecule has 3 heteroatoms. The first kappa shape index (κ1) is 16.1. The Hall–Kier alpha value is -1.33. The van der Waals surface area contributed by atoms with Gasteiger partial charge in [0.25, 0.3) is 0 Å². The maximum Gasteiger partial charge on any atom is 0.152 e. The lowest BCUT2D eigenvalue weighted by atomic mass is 10.1. The zero-order valence-electron chi connectivity index (χ0n) is 14.1. The molecule has 0 unspecified atom stereocenters. The summed E-state index contributed by atoms with van der Waals surface area (Å²) in [5.41, 5.74) is 2.76. The van der Waals surface area contributed by atoms with Gasteiger partial charge in [-0.15, -0.1) is 0 Å². The Kier molecular flexibility index (Phi) is 4.44. The van der Waals surface area contributed by atoms with Crippen LogP contribution in [0.25, 0.3) is 5.20 Å². The second-order valence-corrected chi connectivity index (χ2v) is 17.5. The van der Waals surface area contributed by atoms with Gasteiger partial charge in [-0.2, -0.15) is 0 Å². The molecule has 2 rings (SSSR count). The SMILES string of the molecule is C[Si](C)(C)C(=C1C=CN([Si](C)(C)C)C=C1)c1ccccc1. The molecule has 0 N–H and O–H groups in total. The summed E-state index contributed by atoms with van der Waals surface area (Å²) in [7, 11) is -2.71. The molecule has 1 nitrogen and oxygen atoms in total. The van der Waals surface area contributed by atoms with Crippen molar-refractivity contribution in [2.24, 2.45) is 0 Å². The van der Waals surface area contributed by atoms with Gasteiger partial charge in [0.15, 0.2) is 8.24 Å². The number of nitrogens with zero attached hydrogens (tertiary/aromatic N) is 1. The molecule has 0 aliphatic carbocycles. The Morgan fingerprint density at radius 2 is 1.33 bits per heavy atom. The molecular weight excluding hydrogens is 286 g/mol. The average molecular weight is 314 g/mol. The van der Waals surface area contributed by atoms with Crippen LogP contribution in [-0.4, -0.2) is 20.9 Å². The van der Waals surface area contributed by atoms with E-state index < -0.39 is 16.3 Å². The Balaban J connectivity index is 2.47. The summed E-state index contributed by atoms with van der Waals surface area (Å²) >= 11 is 0. The fourth-order valence-corrected chi connectivity index (χ4v) is 5.79. The normalized spacial score (nSPS) is 15.5. The van der Waals surface area contributed by atoms with Gasteiger partial charge in [0.05, 0.1) is 8.07 Å². The Morgan fingerprint density at radius 1 is 0.810 bits per heavy atom. The van der Waals surface area contributed by atoms with Crippen molar-refractivity contribution in [2.45, 2.75) is 39.3 Å². The summed E-state index contributed by atoms with van der Waals surface area (Å²) in [6.07, 6.45) is 9.15. The largest absolute Gasteiger partial charge is 0.381 e. The molecule has 0 saturated heterocycles. The van der Waals surface area contributed by atoms with Crippen LogP contribution in [-0.2, 0) is 0 Å². The molecule has 1 aromatic rings. The molecule has 0 fully saturated rings. The number of rotatable bonds is 3. The van der Waals surface area contributed by atoms with E-state index in [1.54, 1.807) is 5.20 Å². The molecule has 1 aromatic carbocycles. The van der Waals surface area contributed by atoms with Gasteiger partial charge >= 0.3 is 0 Å². The monoisotopic (exact) mass is 313 g/mol. The molecule has 1 aliphatic heterocycles. The second-order valence-electron chi connectivity index (χ2n) is 7.66. The van der Waals surface area contributed by atoms with Crippen LogP contribution >= 0.6 is 0 Å².